The highest BCUT2D eigenvalue weighted by Gasteiger charge is 2.19. The maximum atomic E-state index is 12.1. The first kappa shape index (κ1) is 26.4. The standard InChI is InChI=1S/C28H27ClN4O3S2/c1-38(34,35)23-8-4-6-20(16-23)27-11-12-28(37-27)26-17-21(31-33(26)25-10-3-2-9-24(25)29)18-32(14-13-30)19-22-7-5-15-36-22/h2-12,15-17H,13-14,18-19,30H2,1H3. The van der Waals surface area contributed by atoms with Gasteiger partial charge in [-0.2, -0.15) is 5.10 Å². The predicted octanol–water partition coefficient (Wildman–Crippen LogP) is 5.88. The highest BCUT2D eigenvalue weighted by molar-refractivity contribution is 7.90. The fourth-order valence-corrected chi connectivity index (χ4v) is 6.14. The topological polar surface area (TPSA) is 94.4 Å². The van der Waals surface area contributed by atoms with Crippen LogP contribution < -0.4 is 5.73 Å². The predicted molar refractivity (Wildman–Crippen MR) is 152 cm³/mol. The van der Waals surface area contributed by atoms with E-state index in [1.807, 2.05) is 59.3 Å². The first-order valence-electron chi connectivity index (χ1n) is 12.0. The number of halogens is 1. The van der Waals surface area contributed by atoms with Crippen LogP contribution in [-0.4, -0.2) is 42.4 Å². The zero-order valence-corrected chi connectivity index (χ0v) is 23.1. The largest absolute Gasteiger partial charge is 0.468 e. The molecule has 0 aliphatic heterocycles. The molecular formula is C28H27ClN4O3S2. The Morgan fingerprint density at radius 3 is 2.55 bits per heavy atom. The molecule has 2 N–H and O–H groups in total. The second-order valence-electron chi connectivity index (χ2n) is 8.93. The van der Waals surface area contributed by atoms with Crippen molar-refractivity contribution in [2.24, 2.45) is 5.73 Å². The zero-order chi connectivity index (χ0) is 26.7. The number of furan rings is 1. The van der Waals surface area contributed by atoms with Crippen molar-refractivity contribution in [3.05, 3.63) is 102 Å². The zero-order valence-electron chi connectivity index (χ0n) is 20.7. The summed E-state index contributed by atoms with van der Waals surface area (Å²) in [4.78, 5) is 4.43. The Labute approximate surface area is 231 Å². The minimum absolute atomic E-state index is 0.296. The average molecular weight is 567 g/mol. The molecule has 3 heterocycles. The number of benzene rings is 2. The van der Waals surface area contributed by atoms with Crippen molar-refractivity contribution in [2.45, 2.75) is 18.0 Å². The van der Waals surface area contributed by atoms with E-state index in [2.05, 4.69) is 11.0 Å². The van der Waals surface area contributed by atoms with Gasteiger partial charge in [-0.25, -0.2) is 13.1 Å². The summed E-state index contributed by atoms with van der Waals surface area (Å²) in [6.07, 6.45) is 2.88. The highest BCUT2D eigenvalue weighted by atomic mass is 35.5. The minimum Gasteiger partial charge on any atom is -0.468 e. The lowest BCUT2D eigenvalue weighted by Crippen LogP contribution is -2.28. The molecular weight excluding hydrogens is 540 g/mol. The number of aromatic nitrogens is 2. The number of para-hydroxylation sites is 1. The number of hydrogen-bond acceptors (Lipinski definition) is 7. The lowest BCUT2D eigenvalue weighted by molar-refractivity contribution is 0.239. The van der Waals surface area contributed by atoms with E-state index in [9.17, 15) is 8.42 Å². The van der Waals surface area contributed by atoms with E-state index in [1.165, 1.54) is 6.26 Å². The van der Waals surface area contributed by atoms with Crippen LogP contribution in [0.3, 0.4) is 0 Å². The summed E-state index contributed by atoms with van der Waals surface area (Å²) in [5, 5.41) is 5.54. The first-order chi connectivity index (χ1) is 18.3. The van der Waals surface area contributed by atoms with Crippen LogP contribution in [0.15, 0.2) is 94.4 Å². The number of hydrogen-bond donors (Lipinski definition) is 1. The molecule has 0 radical (unpaired) electrons. The van der Waals surface area contributed by atoms with E-state index in [0.717, 1.165) is 38.2 Å². The van der Waals surface area contributed by atoms with Gasteiger partial charge < -0.3 is 10.2 Å². The van der Waals surface area contributed by atoms with Crippen LogP contribution in [0.5, 0.6) is 0 Å². The Hall–Kier alpha value is -3.21. The Morgan fingerprint density at radius 2 is 1.82 bits per heavy atom. The first-order valence-corrected chi connectivity index (χ1v) is 15.1. The molecule has 5 rings (SSSR count). The smallest absolute Gasteiger partial charge is 0.175 e. The van der Waals surface area contributed by atoms with Gasteiger partial charge in [0.2, 0.25) is 0 Å². The van der Waals surface area contributed by atoms with Crippen LogP contribution in [0.1, 0.15) is 11.5 Å². The molecule has 10 heteroatoms. The molecule has 38 heavy (non-hydrogen) atoms. The minimum atomic E-state index is -3.30. The summed E-state index contributed by atoms with van der Waals surface area (Å²) in [5.74, 6) is 0.864. The molecule has 5 aromatic rings. The van der Waals surface area contributed by atoms with Crippen LogP contribution in [0.4, 0.5) is 0 Å². The van der Waals surface area contributed by atoms with Gasteiger partial charge in [-0.1, -0.05) is 35.9 Å². The van der Waals surface area contributed by atoms with Crippen LogP contribution >= 0.6 is 22.9 Å². The molecule has 0 saturated heterocycles. The molecule has 0 amide bonds. The van der Waals surface area contributed by atoms with Gasteiger partial charge in [0.1, 0.15) is 5.76 Å². The molecule has 0 bridgehead atoms. The molecule has 0 saturated carbocycles. The van der Waals surface area contributed by atoms with Gasteiger partial charge in [0, 0.05) is 30.8 Å². The molecule has 2 aromatic carbocycles. The van der Waals surface area contributed by atoms with E-state index in [1.54, 1.807) is 35.8 Å². The number of nitrogens with two attached hydrogens (primary N) is 1. The molecule has 0 aliphatic carbocycles. The molecule has 196 valence electrons. The van der Waals surface area contributed by atoms with Crippen LogP contribution in [0.25, 0.3) is 26.7 Å². The van der Waals surface area contributed by atoms with Gasteiger partial charge >= 0.3 is 0 Å². The van der Waals surface area contributed by atoms with Crippen molar-refractivity contribution in [3.8, 4) is 26.7 Å². The third kappa shape index (κ3) is 5.92. The Morgan fingerprint density at radius 1 is 1.00 bits per heavy atom. The summed E-state index contributed by atoms with van der Waals surface area (Å²) >= 11 is 8.16. The maximum absolute atomic E-state index is 12.1. The number of nitrogens with zero attached hydrogens (tertiary/aromatic N) is 3. The van der Waals surface area contributed by atoms with Crippen LogP contribution in [-0.2, 0) is 22.9 Å². The monoisotopic (exact) mass is 566 g/mol. The molecule has 0 fully saturated rings. The Kier molecular flexibility index (Phi) is 7.83. The van der Waals surface area contributed by atoms with Gasteiger partial charge in [0.25, 0.3) is 0 Å². The van der Waals surface area contributed by atoms with Crippen molar-refractivity contribution in [3.63, 3.8) is 0 Å². The van der Waals surface area contributed by atoms with Crippen molar-refractivity contribution in [2.75, 3.05) is 19.3 Å². The van der Waals surface area contributed by atoms with E-state index >= 15 is 0 Å². The maximum Gasteiger partial charge on any atom is 0.175 e. The molecule has 0 atom stereocenters. The second-order valence-corrected chi connectivity index (χ2v) is 12.4. The van der Waals surface area contributed by atoms with Gasteiger partial charge in [-0.15, -0.1) is 11.3 Å². The van der Waals surface area contributed by atoms with Crippen molar-refractivity contribution >= 4 is 32.8 Å². The van der Waals surface area contributed by atoms with E-state index in [0.29, 0.717) is 36.1 Å². The van der Waals surface area contributed by atoms with E-state index in [-0.39, 0.29) is 0 Å². The molecule has 0 aliphatic rings. The van der Waals surface area contributed by atoms with Crippen molar-refractivity contribution in [1.29, 1.82) is 0 Å². The third-order valence-corrected chi connectivity index (χ3v) is 8.62. The lowest BCUT2D eigenvalue weighted by atomic mass is 10.2. The van der Waals surface area contributed by atoms with E-state index in [4.69, 9.17) is 26.9 Å². The van der Waals surface area contributed by atoms with Gasteiger partial charge in [-0.05, 0) is 60.2 Å². The quantitative estimate of drug-likeness (QED) is 0.227. The normalized spacial score (nSPS) is 11.9. The fraction of sp³-hybridized carbons (Fsp3) is 0.179. The van der Waals surface area contributed by atoms with Gasteiger partial charge in [0.05, 0.1) is 44.7 Å². The molecule has 7 nitrogen and oxygen atoms in total. The average Bonchev–Trinajstić information content (AvgIpc) is 3.65. The second kappa shape index (κ2) is 11.3. The Bertz CT molecular complexity index is 1640. The van der Waals surface area contributed by atoms with E-state index < -0.39 is 9.84 Å². The summed E-state index contributed by atoms with van der Waals surface area (Å²) in [6, 6.07) is 24.5. The van der Waals surface area contributed by atoms with Crippen LogP contribution in [0.2, 0.25) is 5.02 Å². The molecule has 0 unspecified atom stereocenters. The third-order valence-electron chi connectivity index (χ3n) is 6.04. The van der Waals surface area contributed by atoms with Gasteiger partial charge in [0.15, 0.2) is 9.84 Å². The Balaban J connectivity index is 1.53. The summed E-state index contributed by atoms with van der Waals surface area (Å²) < 4.78 is 31.6. The number of thiophene rings is 1. The molecule has 0 spiro atoms. The summed E-state index contributed by atoms with van der Waals surface area (Å²) in [7, 11) is -3.30. The van der Waals surface area contributed by atoms with Gasteiger partial charge in [-0.3, -0.25) is 4.90 Å². The summed E-state index contributed by atoms with van der Waals surface area (Å²) in [6.45, 7) is 2.41. The molecule has 3 aromatic heterocycles. The number of sulfone groups is 1. The van der Waals surface area contributed by atoms with Crippen molar-refractivity contribution in [1.82, 2.24) is 14.7 Å². The lowest BCUT2D eigenvalue weighted by Gasteiger charge is -2.19. The van der Waals surface area contributed by atoms with Crippen LogP contribution in [0, 0.1) is 0 Å². The SMILES string of the molecule is CS(=O)(=O)c1cccc(-c2ccc(-c3cc(CN(CCN)Cc4ccco4)nn3-c3ccccc3Cl)s2)c1. The highest BCUT2D eigenvalue weighted by Crippen LogP contribution is 2.37. The fourth-order valence-electron chi connectivity index (χ4n) is 4.25. The number of rotatable bonds is 10. The van der Waals surface area contributed by atoms with Crippen molar-refractivity contribution < 1.29 is 12.8 Å². The summed E-state index contributed by atoms with van der Waals surface area (Å²) in [5.41, 5.74) is 9.29.